The van der Waals surface area contributed by atoms with E-state index in [2.05, 4.69) is 10.5 Å². The first kappa shape index (κ1) is 25.4. The summed E-state index contributed by atoms with van der Waals surface area (Å²) < 4.78 is 11.7. The Morgan fingerprint density at radius 1 is 0.949 bits per heavy atom. The lowest BCUT2D eigenvalue weighted by Gasteiger charge is -2.12. The van der Waals surface area contributed by atoms with Gasteiger partial charge in [-0.15, -0.1) is 0 Å². The van der Waals surface area contributed by atoms with E-state index in [-0.39, 0.29) is 17.9 Å². The van der Waals surface area contributed by atoms with E-state index in [1.54, 1.807) is 18.2 Å². The number of fused-ring (bicyclic) bond motifs is 1. The maximum absolute atomic E-state index is 12.8. The van der Waals surface area contributed by atoms with E-state index in [0.717, 1.165) is 22.1 Å². The van der Waals surface area contributed by atoms with Crippen molar-refractivity contribution in [1.82, 2.24) is 0 Å². The van der Waals surface area contributed by atoms with Crippen LogP contribution < -0.4 is 15.8 Å². The highest BCUT2D eigenvalue weighted by Crippen LogP contribution is 2.25. The molecule has 0 bridgehead atoms. The number of hydrazone groups is 1. The minimum Gasteiger partial charge on any atom is -0.487 e. The van der Waals surface area contributed by atoms with Crippen LogP contribution in [0.5, 0.6) is 5.75 Å². The summed E-state index contributed by atoms with van der Waals surface area (Å²) in [6.07, 6.45) is 0.502. The Hall–Kier alpha value is -5.24. The molecule has 0 saturated carbocycles. The van der Waals surface area contributed by atoms with Crippen molar-refractivity contribution in [3.05, 3.63) is 146 Å². The van der Waals surface area contributed by atoms with Gasteiger partial charge in [0.2, 0.25) is 0 Å². The Balaban J connectivity index is 1.37. The fourth-order valence-electron chi connectivity index (χ4n) is 4.22. The number of anilines is 1. The molecular weight excluding hydrogens is 494 g/mol. The zero-order valence-corrected chi connectivity index (χ0v) is 21.2. The van der Waals surface area contributed by atoms with Crippen molar-refractivity contribution in [2.45, 2.75) is 13.3 Å². The van der Waals surface area contributed by atoms with Crippen molar-refractivity contribution in [2.24, 2.45) is 5.10 Å². The average Bonchev–Trinajstić information content (AvgIpc) is 2.96. The smallest absolute Gasteiger partial charge is 0.340 e. The molecule has 5 aromatic rings. The molecule has 0 aliphatic rings. The van der Waals surface area contributed by atoms with Crippen molar-refractivity contribution < 1.29 is 14.1 Å². The Labute approximate surface area is 224 Å². The third-order valence-electron chi connectivity index (χ3n) is 6.36. The summed E-state index contributed by atoms with van der Waals surface area (Å²) in [5.41, 5.74) is 7.66. The van der Waals surface area contributed by atoms with Gasteiger partial charge in [-0.3, -0.25) is 15.5 Å². The number of nitrogens with zero attached hydrogens (tertiary/aromatic N) is 2. The Kier molecular flexibility index (Phi) is 7.45. The van der Waals surface area contributed by atoms with Crippen LogP contribution in [0.15, 0.2) is 117 Å². The molecule has 1 aromatic heterocycles. The first-order chi connectivity index (χ1) is 19.0. The normalized spacial score (nSPS) is 11.4. The molecule has 1 heterocycles. The number of benzene rings is 4. The number of nitro groups is 1. The van der Waals surface area contributed by atoms with Crippen LogP contribution in [-0.4, -0.2) is 17.2 Å². The van der Waals surface area contributed by atoms with Crippen molar-refractivity contribution in [2.75, 3.05) is 12.0 Å². The monoisotopic (exact) mass is 519 g/mol. The lowest BCUT2D eigenvalue weighted by Crippen LogP contribution is -2.15. The van der Waals surface area contributed by atoms with Gasteiger partial charge >= 0.3 is 5.63 Å². The molecule has 4 aromatic carbocycles. The highest BCUT2D eigenvalue weighted by atomic mass is 16.6. The molecule has 194 valence electrons. The fourth-order valence-corrected chi connectivity index (χ4v) is 4.22. The van der Waals surface area contributed by atoms with Gasteiger partial charge in [-0.2, -0.15) is 5.10 Å². The average molecular weight is 520 g/mol. The van der Waals surface area contributed by atoms with Crippen molar-refractivity contribution in [1.29, 1.82) is 0 Å². The van der Waals surface area contributed by atoms with Crippen LogP contribution in [0, 0.1) is 17.0 Å². The summed E-state index contributed by atoms with van der Waals surface area (Å²) in [6, 6.07) is 30.8. The van der Waals surface area contributed by atoms with Gasteiger partial charge in [-0.05, 0) is 42.3 Å². The largest absolute Gasteiger partial charge is 0.487 e. The number of rotatable bonds is 9. The lowest BCUT2D eigenvalue weighted by atomic mass is 10.00. The Morgan fingerprint density at radius 2 is 1.64 bits per heavy atom. The number of ether oxygens (including phenoxy) is 1. The molecule has 0 amide bonds. The minimum atomic E-state index is -0.451. The topological polar surface area (TPSA) is 107 Å². The van der Waals surface area contributed by atoms with Crippen LogP contribution in [0.3, 0.4) is 0 Å². The van der Waals surface area contributed by atoms with Gasteiger partial charge < -0.3 is 9.15 Å². The third kappa shape index (κ3) is 6.02. The van der Waals surface area contributed by atoms with E-state index in [9.17, 15) is 14.9 Å². The molecule has 0 fully saturated rings. The van der Waals surface area contributed by atoms with Crippen molar-refractivity contribution in [3.63, 3.8) is 0 Å². The maximum atomic E-state index is 12.8. The van der Waals surface area contributed by atoms with Gasteiger partial charge in [0, 0.05) is 41.1 Å². The predicted molar refractivity (Wildman–Crippen MR) is 152 cm³/mol. The van der Waals surface area contributed by atoms with E-state index in [1.807, 2.05) is 79.7 Å². The first-order valence-corrected chi connectivity index (χ1v) is 12.3. The summed E-state index contributed by atoms with van der Waals surface area (Å²) in [7, 11) is 0. The van der Waals surface area contributed by atoms with Gasteiger partial charge in [0.1, 0.15) is 23.7 Å². The number of hydrogen-bond donors (Lipinski definition) is 1. The SMILES string of the molecule is Cc1c(Cc2ccccc2)c(=O)oc2cc(OCC(=NNc3ccc([N+](=O)[O-])cc3)c3ccccc3)ccc12. The number of aryl methyl sites for hydroxylation is 1. The summed E-state index contributed by atoms with van der Waals surface area (Å²) in [5.74, 6) is 0.528. The second-order valence-corrected chi connectivity index (χ2v) is 8.94. The molecule has 1 N–H and O–H groups in total. The summed E-state index contributed by atoms with van der Waals surface area (Å²) in [4.78, 5) is 23.3. The van der Waals surface area contributed by atoms with Crippen LogP contribution in [0.25, 0.3) is 11.0 Å². The predicted octanol–water partition coefficient (Wildman–Crippen LogP) is 6.50. The van der Waals surface area contributed by atoms with Crippen LogP contribution in [-0.2, 0) is 6.42 Å². The molecule has 0 spiro atoms. The minimum absolute atomic E-state index is 0.00141. The molecule has 0 aliphatic carbocycles. The Morgan fingerprint density at radius 3 is 2.33 bits per heavy atom. The molecule has 0 unspecified atom stereocenters. The molecule has 0 atom stereocenters. The Bertz CT molecular complexity index is 1700. The maximum Gasteiger partial charge on any atom is 0.340 e. The van der Waals surface area contributed by atoms with Gasteiger partial charge in [0.05, 0.1) is 10.6 Å². The van der Waals surface area contributed by atoms with E-state index in [1.165, 1.54) is 12.1 Å². The van der Waals surface area contributed by atoms with Crippen LogP contribution in [0.4, 0.5) is 11.4 Å². The molecule has 0 radical (unpaired) electrons. The summed E-state index contributed by atoms with van der Waals surface area (Å²) >= 11 is 0. The second kappa shape index (κ2) is 11.4. The first-order valence-electron chi connectivity index (χ1n) is 12.3. The highest BCUT2D eigenvalue weighted by molar-refractivity contribution is 6.02. The van der Waals surface area contributed by atoms with Gasteiger partial charge in [0.25, 0.3) is 5.69 Å². The van der Waals surface area contributed by atoms with E-state index < -0.39 is 4.92 Å². The summed E-state index contributed by atoms with van der Waals surface area (Å²) in [5, 5.41) is 16.3. The fraction of sp³-hybridized carbons (Fsp3) is 0.0968. The molecule has 5 rings (SSSR count). The molecule has 0 saturated heterocycles. The molecule has 0 aliphatic heterocycles. The lowest BCUT2D eigenvalue weighted by molar-refractivity contribution is -0.384. The molecule has 8 nitrogen and oxygen atoms in total. The van der Waals surface area contributed by atoms with Gasteiger partial charge in [0.15, 0.2) is 0 Å². The number of hydrogen-bond acceptors (Lipinski definition) is 7. The van der Waals surface area contributed by atoms with Gasteiger partial charge in [-0.1, -0.05) is 60.7 Å². The van der Waals surface area contributed by atoms with E-state index >= 15 is 0 Å². The zero-order valence-electron chi connectivity index (χ0n) is 21.2. The van der Waals surface area contributed by atoms with Crippen molar-refractivity contribution in [3.8, 4) is 5.75 Å². The molecule has 8 heteroatoms. The number of non-ortho nitro benzene ring substituents is 1. The summed E-state index contributed by atoms with van der Waals surface area (Å²) in [6.45, 7) is 2.06. The standard InChI is InChI=1S/C31H25N3O5/c1-21-27-17-16-26(19-30(27)39-31(35)28(21)18-22-8-4-2-5-9-22)38-20-29(23-10-6-3-7-11-23)33-32-24-12-14-25(15-13-24)34(36)37/h2-17,19,32H,18,20H2,1H3. The second-order valence-electron chi connectivity index (χ2n) is 8.94. The van der Waals surface area contributed by atoms with Crippen LogP contribution >= 0.6 is 0 Å². The number of nitro benzene ring substituents is 1. The molecule has 39 heavy (non-hydrogen) atoms. The van der Waals surface area contributed by atoms with E-state index in [4.69, 9.17) is 9.15 Å². The zero-order chi connectivity index (χ0) is 27.2. The highest BCUT2D eigenvalue weighted by Gasteiger charge is 2.14. The quantitative estimate of drug-likeness (QED) is 0.103. The van der Waals surface area contributed by atoms with Gasteiger partial charge in [-0.25, -0.2) is 4.79 Å². The molecular formula is C31H25N3O5. The number of nitrogens with one attached hydrogen (secondary N) is 1. The van der Waals surface area contributed by atoms with E-state index in [0.29, 0.717) is 34.7 Å². The third-order valence-corrected chi connectivity index (χ3v) is 6.36. The van der Waals surface area contributed by atoms with Crippen LogP contribution in [0.1, 0.15) is 22.3 Å². The van der Waals surface area contributed by atoms with Crippen molar-refractivity contribution >= 4 is 28.1 Å². The van der Waals surface area contributed by atoms with Crippen LogP contribution in [0.2, 0.25) is 0 Å².